The first-order chi connectivity index (χ1) is 15.1. The number of piperazine rings is 1. The number of benzene rings is 1. The molecular weight excluding hydrogens is 396 g/mol. The molecule has 1 fully saturated rings. The molecule has 0 spiro atoms. The molecule has 1 aromatic carbocycles. The number of amides is 1. The molecule has 1 saturated heterocycles. The Hall–Kier alpha value is -4.08. The van der Waals surface area contributed by atoms with Crippen LogP contribution < -0.4 is 10.6 Å². The zero-order valence-electron chi connectivity index (χ0n) is 16.9. The summed E-state index contributed by atoms with van der Waals surface area (Å²) >= 11 is 0. The second-order valence-corrected chi connectivity index (χ2v) is 7.25. The van der Waals surface area contributed by atoms with Crippen molar-refractivity contribution in [2.24, 2.45) is 7.05 Å². The van der Waals surface area contributed by atoms with E-state index in [1.807, 2.05) is 35.2 Å². The van der Waals surface area contributed by atoms with Gasteiger partial charge in [0.1, 0.15) is 5.52 Å². The summed E-state index contributed by atoms with van der Waals surface area (Å²) in [7, 11) is 1.61. The van der Waals surface area contributed by atoms with Crippen LogP contribution in [-0.4, -0.2) is 66.2 Å². The number of carbonyl (C=O) groups excluding carboxylic acids is 1. The summed E-state index contributed by atoms with van der Waals surface area (Å²) in [6.45, 7) is 2.10. The predicted molar refractivity (Wildman–Crippen MR) is 115 cm³/mol. The number of carbonyl (C=O) groups is 1. The topological polar surface area (TPSA) is 102 Å². The van der Waals surface area contributed by atoms with Gasteiger partial charge in [-0.05, 0) is 6.07 Å². The van der Waals surface area contributed by atoms with E-state index in [0.717, 1.165) is 10.1 Å². The van der Waals surface area contributed by atoms with Crippen LogP contribution in [0.5, 0.6) is 0 Å². The molecular formula is C21H20N8O2. The fraction of sp³-hybridized carbons (Fsp3) is 0.238. The van der Waals surface area contributed by atoms with Crippen molar-refractivity contribution >= 4 is 23.1 Å². The van der Waals surface area contributed by atoms with Crippen LogP contribution in [0.25, 0.3) is 22.6 Å². The third-order valence-corrected chi connectivity index (χ3v) is 5.40. The van der Waals surface area contributed by atoms with E-state index in [1.165, 1.54) is 10.8 Å². The molecule has 31 heavy (non-hydrogen) atoms. The van der Waals surface area contributed by atoms with E-state index >= 15 is 0 Å². The quantitative estimate of drug-likeness (QED) is 0.486. The fourth-order valence-corrected chi connectivity index (χ4v) is 3.72. The first-order valence-electron chi connectivity index (χ1n) is 9.94. The Balaban J connectivity index is 1.43. The highest BCUT2D eigenvalue weighted by Crippen LogP contribution is 2.18. The zero-order valence-corrected chi connectivity index (χ0v) is 16.9. The minimum atomic E-state index is -0.437. The lowest BCUT2D eigenvalue weighted by Crippen LogP contribution is -2.51. The second-order valence-electron chi connectivity index (χ2n) is 7.25. The van der Waals surface area contributed by atoms with Crippen LogP contribution in [0.4, 0.5) is 10.7 Å². The summed E-state index contributed by atoms with van der Waals surface area (Å²) in [6.07, 6.45) is 4.93. The average Bonchev–Trinajstić information content (AvgIpc) is 3.09. The SMILES string of the molecule is Cn1c(=O)n(C(=O)N2CCN(c3ncccn3)CC2)c2cnc(-c3ccccc3)nc21. The molecule has 1 aliphatic rings. The monoisotopic (exact) mass is 416 g/mol. The minimum absolute atomic E-state index is 0.375. The third-order valence-electron chi connectivity index (χ3n) is 5.40. The molecule has 4 heterocycles. The summed E-state index contributed by atoms with van der Waals surface area (Å²) in [5, 5.41) is 0. The Kier molecular flexibility index (Phi) is 4.66. The highest BCUT2D eigenvalue weighted by Gasteiger charge is 2.27. The van der Waals surface area contributed by atoms with Crippen molar-refractivity contribution in [1.29, 1.82) is 0 Å². The van der Waals surface area contributed by atoms with Gasteiger partial charge in [-0.1, -0.05) is 30.3 Å². The van der Waals surface area contributed by atoms with Gasteiger partial charge in [0.15, 0.2) is 11.5 Å². The van der Waals surface area contributed by atoms with Gasteiger partial charge in [-0.3, -0.25) is 4.57 Å². The molecule has 3 aromatic heterocycles. The molecule has 10 heteroatoms. The smallest absolute Gasteiger partial charge is 0.337 e. The van der Waals surface area contributed by atoms with Crippen LogP contribution in [0.1, 0.15) is 0 Å². The second kappa shape index (κ2) is 7.63. The van der Waals surface area contributed by atoms with Gasteiger partial charge in [-0.15, -0.1) is 0 Å². The number of fused-ring (bicyclic) bond motifs is 1. The van der Waals surface area contributed by atoms with Gasteiger partial charge in [0.25, 0.3) is 0 Å². The van der Waals surface area contributed by atoms with E-state index in [0.29, 0.717) is 49.1 Å². The molecule has 1 aliphatic heterocycles. The predicted octanol–water partition coefficient (Wildman–Crippen LogP) is 1.38. The van der Waals surface area contributed by atoms with E-state index in [-0.39, 0.29) is 6.03 Å². The first-order valence-corrected chi connectivity index (χ1v) is 9.94. The molecule has 0 saturated carbocycles. The maximum absolute atomic E-state index is 13.2. The number of rotatable bonds is 2. The van der Waals surface area contributed by atoms with Crippen molar-refractivity contribution in [2.75, 3.05) is 31.1 Å². The van der Waals surface area contributed by atoms with Gasteiger partial charge in [0, 0.05) is 51.2 Å². The van der Waals surface area contributed by atoms with E-state index in [9.17, 15) is 9.59 Å². The van der Waals surface area contributed by atoms with Crippen LogP contribution in [0.15, 0.2) is 59.8 Å². The third kappa shape index (κ3) is 3.31. The Bertz CT molecular complexity index is 1290. The summed E-state index contributed by atoms with van der Waals surface area (Å²) < 4.78 is 2.54. The van der Waals surface area contributed by atoms with Gasteiger partial charge in [-0.2, -0.15) is 0 Å². The van der Waals surface area contributed by atoms with Gasteiger partial charge in [-0.25, -0.2) is 34.1 Å². The number of aryl methyl sites for hydroxylation is 1. The number of nitrogens with zero attached hydrogens (tertiary/aromatic N) is 8. The van der Waals surface area contributed by atoms with Crippen molar-refractivity contribution in [3.8, 4) is 11.4 Å². The van der Waals surface area contributed by atoms with Crippen molar-refractivity contribution in [3.05, 3.63) is 65.5 Å². The van der Waals surface area contributed by atoms with Crippen molar-refractivity contribution in [2.45, 2.75) is 0 Å². The van der Waals surface area contributed by atoms with Gasteiger partial charge < -0.3 is 9.80 Å². The lowest BCUT2D eigenvalue weighted by Gasteiger charge is -2.34. The molecule has 0 unspecified atom stereocenters. The number of imidazole rings is 1. The van der Waals surface area contributed by atoms with E-state index in [1.54, 1.807) is 30.4 Å². The Morgan fingerprint density at radius 1 is 0.935 bits per heavy atom. The van der Waals surface area contributed by atoms with Crippen LogP contribution in [0, 0.1) is 0 Å². The fourth-order valence-electron chi connectivity index (χ4n) is 3.72. The summed E-state index contributed by atoms with van der Waals surface area (Å²) in [4.78, 5) is 47.2. The number of hydrogen-bond donors (Lipinski definition) is 0. The maximum atomic E-state index is 13.2. The molecule has 4 aromatic rings. The first kappa shape index (κ1) is 18.9. The van der Waals surface area contributed by atoms with Crippen molar-refractivity contribution < 1.29 is 4.79 Å². The van der Waals surface area contributed by atoms with E-state index < -0.39 is 5.69 Å². The van der Waals surface area contributed by atoms with Crippen molar-refractivity contribution in [1.82, 2.24) is 34.0 Å². The van der Waals surface area contributed by atoms with Crippen LogP contribution in [0.3, 0.4) is 0 Å². The van der Waals surface area contributed by atoms with E-state index in [2.05, 4.69) is 19.9 Å². The Morgan fingerprint density at radius 2 is 1.65 bits per heavy atom. The molecule has 10 nitrogen and oxygen atoms in total. The van der Waals surface area contributed by atoms with Crippen LogP contribution >= 0.6 is 0 Å². The van der Waals surface area contributed by atoms with Gasteiger partial charge in [0.05, 0.1) is 6.20 Å². The highest BCUT2D eigenvalue weighted by molar-refractivity contribution is 5.88. The van der Waals surface area contributed by atoms with Crippen molar-refractivity contribution in [3.63, 3.8) is 0 Å². The van der Waals surface area contributed by atoms with Crippen LogP contribution in [-0.2, 0) is 7.05 Å². The molecule has 1 amide bonds. The summed E-state index contributed by atoms with van der Waals surface area (Å²) in [5.74, 6) is 1.14. The number of anilines is 1. The van der Waals surface area contributed by atoms with Gasteiger partial charge in [0.2, 0.25) is 5.95 Å². The molecule has 0 N–H and O–H groups in total. The lowest BCUT2D eigenvalue weighted by atomic mass is 10.2. The molecule has 156 valence electrons. The van der Waals surface area contributed by atoms with Gasteiger partial charge >= 0.3 is 11.7 Å². The molecule has 0 aliphatic carbocycles. The van der Waals surface area contributed by atoms with E-state index in [4.69, 9.17) is 0 Å². The highest BCUT2D eigenvalue weighted by atomic mass is 16.2. The average molecular weight is 416 g/mol. The minimum Gasteiger partial charge on any atom is -0.337 e. The molecule has 0 radical (unpaired) electrons. The number of aromatic nitrogens is 6. The number of hydrogen-bond acceptors (Lipinski definition) is 7. The standard InChI is InChI=1S/C21H20N8O2/c1-26-18-16(14-24-17(25-18)15-6-3-2-4-7-15)29(20(26)30)21(31)28-12-10-27(11-13-28)19-22-8-5-9-23-19/h2-9,14H,10-13H2,1H3. The Morgan fingerprint density at radius 3 is 2.35 bits per heavy atom. The molecule has 0 atom stereocenters. The molecule has 0 bridgehead atoms. The normalized spacial score (nSPS) is 14.2. The zero-order chi connectivity index (χ0) is 21.4. The summed E-state index contributed by atoms with van der Waals surface area (Å²) in [5.41, 5.74) is 1.22. The lowest BCUT2D eigenvalue weighted by molar-refractivity contribution is 0.195. The largest absolute Gasteiger partial charge is 0.338 e. The molecule has 5 rings (SSSR count). The van der Waals surface area contributed by atoms with Crippen LogP contribution in [0.2, 0.25) is 0 Å². The summed E-state index contributed by atoms with van der Waals surface area (Å²) in [6, 6.07) is 10.9. The maximum Gasteiger partial charge on any atom is 0.338 e. The Labute approximate surface area is 177 Å².